The average Bonchev–Trinajstić information content (AvgIpc) is 2.89. The van der Waals surface area contributed by atoms with E-state index in [1.54, 1.807) is 18.2 Å². The Morgan fingerprint density at radius 1 is 1.42 bits per heavy atom. The van der Waals surface area contributed by atoms with Gasteiger partial charge in [-0.15, -0.1) is 0 Å². The molecule has 0 saturated heterocycles. The highest BCUT2D eigenvalue weighted by Crippen LogP contribution is 2.21. The SMILES string of the molecule is O=C(NC(CO)c1ccco1)c1c(F)cccc1Br. The van der Waals surface area contributed by atoms with Crippen LogP contribution in [-0.4, -0.2) is 17.6 Å². The first-order valence-corrected chi connectivity index (χ1v) is 6.32. The number of furan rings is 1. The molecule has 0 saturated carbocycles. The number of amides is 1. The summed E-state index contributed by atoms with van der Waals surface area (Å²) >= 11 is 3.12. The molecular formula is C13H11BrFNO3. The number of carbonyl (C=O) groups is 1. The number of benzene rings is 1. The number of aliphatic hydroxyl groups is 1. The summed E-state index contributed by atoms with van der Waals surface area (Å²) in [7, 11) is 0. The predicted octanol–water partition coefficient (Wildman–Crippen LogP) is 2.64. The fraction of sp³-hybridized carbons (Fsp3) is 0.154. The number of aliphatic hydroxyl groups excluding tert-OH is 1. The van der Waals surface area contributed by atoms with E-state index in [4.69, 9.17) is 4.42 Å². The van der Waals surface area contributed by atoms with E-state index in [1.165, 1.54) is 18.4 Å². The van der Waals surface area contributed by atoms with E-state index in [-0.39, 0.29) is 12.2 Å². The number of rotatable bonds is 4. The predicted molar refractivity (Wildman–Crippen MR) is 70.1 cm³/mol. The van der Waals surface area contributed by atoms with E-state index in [1.807, 2.05) is 0 Å². The average molecular weight is 328 g/mol. The molecule has 1 atom stereocenters. The molecule has 0 aliphatic heterocycles. The Hall–Kier alpha value is -1.66. The first kappa shape index (κ1) is 13.8. The molecule has 1 aromatic heterocycles. The first-order valence-electron chi connectivity index (χ1n) is 5.52. The molecule has 4 nitrogen and oxygen atoms in total. The van der Waals surface area contributed by atoms with Crippen LogP contribution in [0.25, 0.3) is 0 Å². The Morgan fingerprint density at radius 3 is 2.79 bits per heavy atom. The van der Waals surface area contributed by atoms with Crippen LogP contribution in [0.3, 0.4) is 0 Å². The van der Waals surface area contributed by atoms with Crippen molar-refractivity contribution in [3.8, 4) is 0 Å². The highest BCUT2D eigenvalue weighted by atomic mass is 79.9. The van der Waals surface area contributed by atoms with Crippen LogP contribution in [-0.2, 0) is 0 Å². The van der Waals surface area contributed by atoms with Gasteiger partial charge in [-0.25, -0.2) is 4.39 Å². The van der Waals surface area contributed by atoms with Crippen molar-refractivity contribution in [3.63, 3.8) is 0 Å². The molecule has 2 aromatic rings. The minimum absolute atomic E-state index is 0.104. The van der Waals surface area contributed by atoms with Crippen LogP contribution in [0, 0.1) is 5.82 Å². The topological polar surface area (TPSA) is 62.5 Å². The van der Waals surface area contributed by atoms with Gasteiger partial charge in [-0.05, 0) is 40.2 Å². The van der Waals surface area contributed by atoms with E-state index >= 15 is 0 Å². The third-order valence-corrected chi connectivity index (χ3v) is 3.23. The lowest BCUT2D eigenvalue weighted by Crippen LogP contribution is -2.31. The van der Waals surface area contributed by atoms with Crippen LogP contribution in [0.5, 0.6) is 0 Å². The molecule has 1 heterocycles. The second kappa shape index (κ2) is 5.99. The van der Waals surface area contributed by atoms with Gasteiger partial charge in [0.25, 0.3) is 5.91 Å². The fourth-order valence-electron chi connectivity index (χ4n) is 1.64. The zero-order chi connectivity index (χ0) is 13.8. The van der Waals surface area contributed by atoms with Crippen molar-refractivity contribution in [1.82, 2.24) is 5.32 Å². The Balaban J connectivity index is 2.21. The standard InChI is InChI=1S/C13H11BrFNO3/c14-8-3-1-4-9(15)12(8)13(18)16-10(7-17)11-5-2-6-19-11/h1-6,10,17H,7H2,(H,16,18). The Bertz CT molecular complexity index is 551. The molecule has 6 heteroatoms. The molecule has 100 valence electrons. The molecule has 1 aromatic carbocycles. The molecule has 0 spiro atoms. The van der Waals surface area contributed by atoms with Gasteiger partial charge in [0.2, 0.25) is 0 Å². The van der Waals surface area contributed by atoms with Crippen molar-refractivity contribution in [1.29, 1.82) is 0 Å². The second-order valence-corrected chi connectivity index (χ2v) is 4.68. The molecule has 0 radical (unpaired) electrons. The van der Waals surface area contributed by atoms with E-state index in [2.05, 4.69) is 21.2 Å². The van der Waals surface area contributed by atoms with Crippen LogP contribution in [0.4, 0.5) is 4.39 Å². The lowest BCUT2D eigenvalue weighted by molar-refractivity contribution is 0.0902. The summed E-state index contributed by atoms with van der Waals surface area (Å²) in [4.78, 5) is 12.0. The zero-order valence-electron chi connectivity index (χ0n) is 9.77. The normalized spacial score (nSPS) is 12.2. The fourth-order valence-corrected chi connectivity index (χ4v) is 2.16. The minimum atomic E-state index is -0.714. The van der Waals surface area contributed by atoms with Gasteiger partial charge < -0.3 is 14.8 Å². The van der Waals surface area contributed by atoms with Crippen molar-refractivity contribution in [2.24, 2.45) is 0 Å². The summed E-state index contributed by atoms with van der Waals surface area (Å²) in [6, 6.07) is 6.81. The number of hydrogen-bond acceptors (Lipinski definition) is 3. The van der Waals surface area contributed by atoms with Crippen molar-refractivity contribution in [2.75, 3.05) is 6.61 Å². The molecule has 0 aliphatic carbocycles. The lowest BCUT2D eigenvalue weighted by atomic mass is 10.1. The molecule has 2 N–H and O–H groups in total. The Labute approximate surface area is 117 Å². The van der Waals surface area contributed by atoms with Crippen LogP contribution < -0.4 is 5.32 Å². The molecule has 1 unspecified atom stereocenters. The lowest BCUT2D eigenvalue weighted by Gasteiger charge is -2.14. The summed E-state index contributed by atoms with van der Waals surface area (Å²) in [6.07, 6.45) is 1.43. The molecule has 19 heavy (non-hydrogen) atoms. The summed E-state index contributed by atoms with van der Waals surface area (Å²) in [5.41, 5.74) is -0.104. The smallest absolute Gasteiger partial charge is 0.256 e. The molecule has 0 bridgehead atoms. The van der Waals surface area contributed by atoms with Gasteiger partial charge in [0, 0.05) is 4.47 Å². The van der Waals surface area contributed by atoms with Crippen LogP contribution in [0.1, 0.15) is 22.2 Å². The van der Waals surface area contributed by atoms with Crippen molar-refractivity contribution in [3.05, 3.63) is 58.2 Å². The van der Waals surface area contributed by atoms with Gasteiger partial charge in [0.15, 0.2) is 0 Å². The molecule has 2 rings (SSSR count). The van der Waals surface area contributed by atoms with Crippen molar-refractivity contribution < 1.29 is 18.7 Å². The van der Waals surface area contributed by atoms with Crippen LogP contribution >= 0.6 is 15.9 Å². The molecule has 0 aliphatic rings. The maximum absolute atomic E-state index is 13.6. The number of carbonyl (C=O) groups excluding carboxylic acids is 1. The van der Waals surface area contributed by atoms with E-state index < -0.39 is 17.8 Å². The van der Waals surface area contributed by atoms with E-state index in [0.29, 0.717) is 10.2 Å². The van der Waals surface area contributed by atoms with Gasteiger partial charge in [-0.1, -0.05) is 6.07 Å². The number of halogens is 2. The second-order valence-electron chi connectivity index (χ2n) is 3.82. The first-order chi connectivity index (χ1) is 9.13. The van der Waals surface area contributed by atoms with E-state index in [9.17, 15) is 14.3 Å². The monoisotopic (exact) mass is 327 g/mol. The van der Waals surface area contributed by atoms with Crippen LogP contribution in [0.15, 0.2) is 45.5 Å². The van der Waals surface area contributed by atoms with Gasteiger partial charge in [0.1, 0.15) is 17.6 Å². The van der Waals surface area contributed by atoms with Gasteiger partial charge in [-0.2, -0.15) is 0 Å². The van der Waals surface area contributed by atoms with Crippen molar-refractivity contribution in [2.45, 2.75) is 6.04 Å². The maximum atomic E-state index is 13.6. The molecular weight excluding hydrogens is 317 g/mol. The Kier molecular flexibility index (Phi) is 4.34. The van der Waals surface area contributed by atoms with Gasteiger partial charge in [0.05, 0.1) is 18.4 Å². The van der Waals surface area contributed by atoms with Gasteiger partial charge >= 0.3 is 0 Å². The third-order valence-electron chi connectivity index (χ3n) is 2.56. The van der Waals surface area contributed by atoms with Crippen LogP contribution in [0.2, 0.25) is 0 Å². The maximum Gasteiger partial charge on any atom is 0.256 e. The summed E-state index contributed by atoms with van der Waals surface area (Å²) < 4.78 is 19.1. The third kappa shape index (κ3) is 3.02. The van der Waals surface area contributed by atoms with Crippen molar-refractivity contribution >= 4 is 21.8 Å². The highest BCUT2D eigenvalue weighted by molar-refractivity contribution is 9.10. The summed E-state index contributed by atoms with van der Waals surface area (Å²) in [6.45, 7) is -0.342. The Morgan fingerprint density at radius 2 is 2.21 bits per heavy atom. The zero-order valence-corrected chi connectivity index (χ0v) is 11.4. The quantitative estimate of drug-likeness (QED) is 0.907. The number of nitrogens with one attached hydrogen (secondary N) is 1. The molecule has 0 fully saturated rings. The van der Waals surface area contributed by atoms with E-state index in [0.717, 1.165) is 0 Å². The highest BCUT2D eigenvalue weighted by Gasteiger charge is 2.21. The largest absolute Gasteiger partial charge is 0.467 e. The van der Waals surface area contributed by atoms with Gasteiger partial charge in [-0.3, -0.25) is 4.79 Å². The minimum Gasteiger partial charge on any atom is -0.467 e. The number of hydrogen-bond donors (Lipinski definition) is 2. The summed E-state index contributed by atoms with van der Waals surface area (Å²) in [5.74, 6) is -0.855. The molecule has 1 amide bonds. The summed E-state index contributed by atoms with van der Waals surface area (Å²) in [5, 5.41) is 11.8.